The summed E-state index contributed by atoms with van der Waals surface area (Å²) in [6.07, 6.45) is 12.6. The van der Waals surface area contributed by atoms with Crippen LogP contribution in [0.2, 0.25) is 0 Å². The largest absolute Gasteiger partial charge is 0.480 e. The van der Waals surface area contributed by atoms with E-state index in [1.165, 1.54) is 76.0 Å². The van der Waals surface area contributed by atoms with Gasteiger partial charge in [-0.2, -0.15) is 0 Å². The number of rotatable bonds is 39. The number of halogens is 3. The normalized spacial score (nSPS) is 12.3. The number of carboxylic acid groups (broad SMARTS) is 5. The van der Waals surface area contributed by atoms with Crippen molar-refractivity contribution < 1.29 is 96.2 Å². The Morgan fingerprint density at radius 3 is 1.02 bits per heavy atom. The van der Waals surface area contributed by atoms with Gasteiger partial charge < -0.3 is 46.8 Å². The molecule has 1 aliphatic carbocycles. The smallest absolute Gasteiger partial charge is 0.335 e. The van der Waals surface area contributed by atoms with E-state index < -0.39 is 47.6 Å². The third-order valence-electron chi connectivity index (χ3n) is 24.5. The topological polar surface area (TPSA) is 470 Å². The van der Waals surface area contributed by atoms with E-state index in [4.69, 9.17) is 0 Å². The molecule has 3 atom stereocenters. The molecule has 1 unspecified atom stereocenters. The standard InChI is InChI=1S/C28H30N4O5.2C27H29FN4O4.C26H27FN4O4/c1-16-4-5-19(10-17(16)2)11-30-27(35)26-20(12-29-15-31-26)13-32(14-25(33)34)24-9-8-21-18(3)22(28(36)37)6-7-23(21)24;2*1-16-10-21(6-7-23(16)27(35)36)19(4)32(13-18(3)33)14-22-12-29-15-31-25(22)26(34)30-11-20-5-8-24(28)17(2)9-20;1-16-8-20(4-6-22(16)26(34)35)13-31(12-18(3)32)14-21-11-28-15-30-24(21)25(33)29-10-19-5-7-23(27)17(2)9-19/h4-7,10,12,15,24H,8-9,11,13-14H2,1-3H3,(H,30,35)(H,33,34)(H,36,37);2*5-10,12,15,19H,11,13-14H2,1-4H3,(H,30,34)(H,35,36);4-9,11,15H,10,12-14H2,1-3H3,(H,29,33)(H,34,35)/t;2*19-;/m.00./s1. The average Bonchev–Trinajstić information content (AvgIpc) is 1.67. The van der Waals surface area contributed by atoms with Gasteiger partial charge >= 0.3 is 29.8 Å². The second-order valence-electron chi connectivity index (χ2n) is 35.6. The Kier molecular flexibility index (Phi) is 39.2. The summed E-state index contributed by atoms with van der Waals surface area (Å²) in [6, 6.07) is 37.7. The van der Waals surface area contributed by atoms with Gasteiger partial charge in [-0.15, -0.1) is 0 Å². The summed E-state index contributed by atoms with van der Waals surface area (Å²) >= 11 is 0. The lowest BCUT2D eigenvalue weighted by Gasteiger charge is -2.29. The predicted octanol–water partition coefficient (Wildman–Crippen LogP) is 15.1. The minimum atomic E-state index is -1.000. The van der Waals surface area contributed by atoms with Crippen molar-refractivity contribution in [3.63, 3.8) is 0 Å². The number of hydrogen-bond acceptors (Lipinski definition) is 24. The van der Waals surface area contributed by atoms with Gasteiger partial charge in [-0.3, -0.25) is 58.0 Å². The number of benzene rings is 8. The number of carbonyl (C=O) groups excluding carboxylic acids is 7. The van der Waals surface area contributed by atoms with Gasteiger partial charge in [-0.25, -0.2) is 72.2 Å². The van der Waals surface area contributed by atoms with Crippen LogP contribution in [0.3, 0.4) is 0 Å². The number of carboxylic acids is 5. The van der Waals surface area contributed by atoms with Crippen molar-refractivity contribution in [1.29, 1.82) is 0 Å². The SMILES string of the molecule is CC(=O)CN(Cc1ccc(C(=O)O)c(C)c1)Cc1cncnc1C(=O)NCc1ccc(F)c(C)c1.CC(=O)CN(Cc1cncnc1C(=O)NCc1ccc(F)c(C)c1)[C@@H](C)c1ccc(C(=O)O)c(C)c1.CC(=O)CN(Cc1cncnc1C(=O)NCc1ccc(F)c(C)c1)[C@@H](C)c1ccc(C(=O)O)c(C)c1.Cc1ccc(CNC(=O)c2ncncc2CN(CC(=O)O)C2CCc3c2ccc(C(=O)O)c3C)cc1C. The van der Waals surface area contributed by atoms with Crippen LogP contribution in [0.15, 0.2) is 190 Å². The van der Waals surface area contributed by atoms with E-state index in [1.807, 2.05) is 60.6 Å². The predicted molar refractivity (Wildman–Crippen MR) is 528 cm³/mol. The van der Waals surface area contributed by atoms with E-state index in [0.29, 0.717) is 87.1 Å². The summed E-state index contributed by atoms with van der Waals surface area (Å²) < 4.78 is 40.6. The van der Waals surface area contributed by atoms with Crippen molar-refractivity contribution in [2.45, 2.75) is 187 Å². The fraction of sp³-hybridized carbons (Fsp3) is 0.296. The van der Waals surface area contributed by atoms with E-state index in [9.17, 15) is 96.2 Å². The number of hydrogen-bond donors (Lipinski definition) is 9. The highest BCUT2D eigenvalue weighted by Crippen LogP contribution is 2.40. The fourth-order valence-corrected chi connectivity index (χ4v) is 16.8. The maximum atomic E-state index is 13.5. The molecule has 750 valence electrons. The van der Waals surface area contributed by atoms with Crippen LogP contribution in [-0.4, -0.2) is 182 Å². The van der Waals surface area contributed by atoms with Crippen molar-refractivity contribution in [3.8, 4) is 0 Å². The van der Waals surface area contributed by atoms with Gasteiger partial charge in [0.15, 0.2) is 0 Å². The quantitative estimate of drug-likeness (QED) is 0.0173. The van der Waals surface area contributed by atoms with E-state index in [0.717, 1.165) is 55.6 Å². The zero-order valence-electron chi connectivity index (χ0n) is 82.4. The van der Waals surface area contributed by atoms with Crippen LogP contribution < -0.4 is 21.3 Å². The molecule has 33 nitrogen and oxygen atoms in total. The number of nitrogens with one attached hydrogen (secondary N) is 4. The maximum absolute atomic E-state index is 13.5. The third-order valence-corrected chi connectivity index (χ3v) is 24.5. The van der Waals surface area contributed by atoms with Crippen molar-refractivity contribution in [2.75, 3.05) is 26.2 Å². The van der Waals surface area contributed by atoms with E-state index in [1.54, 1.807) is 175 Å². The number of ketones is 3. The molecule has 13 rings (SSSR count). The fourth-order valence-electron chi connectivity index (χ4n) is 16.8. The number of aromatic carboxylic acids is 4. The summed E-state index contributed by atoms with van der Waals surface area (Å²) in [7, 11) is 0. The molecule has 0 aliphatic heterocycles. The number of aryl methyl sites for hydroxylation is 8. The molecular formula is C108H115F3N16O17. The minimum Gasteiger partial charge on any atom is -0.480 e. The molecule has 0 fully saturated rings. The molecule has 0 saturated carbocycles. The van der Waals surface area contributed by atoms with Gasteiger partial charge in [0.2, 0.25) is 0 Å². The number of amides is 4. The Morgan fingerprint density at radius 2 is 0.681 bits per heavy atom. The second-order valence-corrected chi connectivity index (χ2v) is 35.6. The van der Waals surface area contributed by atoms with Gasteiger partial charge in [0.1, 0.15) is 82.9 Å². The summed E-state index contributed by atoms with van der Waals surface area (Å²) in [6.45, 7) is 26.5. The molecule has 0 radical (unpaired) electrons. The molecule has 0 spiro atoms. The number of fused-ring (bicyclic) bond motifs is 1. The van der Waals surface area contributed by atoms with Crippen molar-refractivity contribution in [3.05, 3.63) is 375 Å². The minimum absolute atomic E-state index is 0.0570. The summed E-state index contributed by atoms with van der Waals surface area (Å²) in [5.41, 5.74) is 17.8. The molecule has 4 amide bonds. The molecule has 0 bridgehead atoms. The van der Waals surface area contributed by atoms with Crippen LogP contribution >= 0.6 is 0 Å². The van der Waals surface area contributed by atoms with Gasteiger partial charge in [0, 0.05) is 124 Å². The number of Topliss-reactive ketones (excluding diaryl/α,β-unsaturated/α-hetero) is 3. The summed E-state index contributed by atoms with van der Waals surface area (Å²) in [4.78, 5) is 186. The first-order valence-electron chi connectivity index (χ1n) is 46.0. The Labute approximate surface area is 831 Å². The summed E-state index contributed by atoms with van der Waals surface area (Å²) in [5.74, 6) is -7.67. The van der Waals surface area contributed by atoms with Crippen LogP contribution in [0.5, 0.6) is 0 Å². The van der Waals surface area contributed by atoms with Crippen LogP contribution in [0.4, 0.5) is 13.2 Å². The second kappa shape index (κ2) is 51.4. The van der Waals surface area contributed by atoms with Crippen LogP contribution in [0, 0.1) is 79.8 Å². The molecule has 12 aromatic rings. The first-order chi connectivity index (χ1) is 68.4. The first kappa shape index (κ1) is 110. The molecule has 4 aromatic heterocycles. The highest BCUT2D eigenvalue weighted by Gasteiger charge is 2.34. The molecule has 9 N–H and O–H groups in total. The van der Waals surface area contributed by atoms with Crippen LogP contribution in [0.25, 0.3) is 0 Å². The van der Waals surface area contributed by atoms with E-state index in [2.05, 4.69) is 61.1 Å². The lowest BCUT2D eigenvalue weighted by atomic mass is 9.97. The Balaban J connectivity index is 0.000000197. The Hall–Kier alpha value is -16.1. The number of aliphatic carboxylic acids is 1. The number of aromatic nitrogens is 8. The highest BCUT2D eigenvalue weighted by molar-refractivity contribution is 5.96. The van der Waals surface area contributed by atoms with Crippen molar-refractivity contribution in [2.24, 2.45) is 0 Å². The maximum Gasteiger partial charge on any atom is 0.335 e. The van der Waals surface area contributed by atoms with Gasteiger partial charge in [-0.1, -0.05) is 97.1 Å². The zero-order chi connectivity index (χ0) is 105. The third kappa shape index (κ3) is 30.7. The first-order valence-corrected chi connectivity index (χ1v) is 46.0. The molecule has 1 aliphatic rings. The average molecular weight is 1970 g/mol. The van der Waals surface area contributed by atoms with Crippen LogP contribution in [-0.2, 0) is 84.5 Å². The van der Waals surface area contributed by atoms with Crippen LogP contribution in [0.1, 0.15) is 265 Å². The number of nitrogens with zero attached hydrogens (tertiary/aromatic N) is 12. The Bertz CT molecular complexity index is 6620. The summed E-state index contributed by atoms with van der Waals surface area (Å²) in [5, 5.41) is 58.3. The molecule has 4 heterocycles. The Morgan fingerprint density at radius 1 is 0.354 bits per heavy atom. The van der Waals surface area contributed by atoms with Gasteiger partial charge in [0.05, 0.1) is 48.4 Å². The van der Waals surface area contributed by atoms with Crippen molar-refractivity contribution in [1.82, 2.24) is 80.7 Å². The molecule has 144 heavy (non-hydrogen) atoms. The lowest BCUT2D eigenvalue weighted by Crippen LogP contribution is -2.34. The molecule has 0 saturated heterocycles. The van der Waals surface area contributed by atoms with E-state index >= 15 is 0 Å². The van der Waals surface area contributed by atoms with Crippen molar-refractivity contribution >= 4 is 70.8 Å². The lowest BCUT2D eigenvalue weighted by molar-refractivity contribution is -0.139. The monoisotopic (exact) mass is 1960 g/mol. The highest BCUT2D eigenvalue weighted by atomic mass is 19.1. The molecular weight excluding hydrogens is 1850 g/mol. The molecule has 8 aromatic carbocycles. The number of carbonyl (C=O) groups is 12. The van der Waals surface area contributed by atoms with E-state index in [-0.39, 0.29) is 176 Å². The van der Waals surface area contributed by atoms with Gasteiger partial charge in [0.25, 0.3) is 23.6 Å². The zero-order valence-corrected chi connectivity index (χ0v) is 82.4. The molecule has 36 heteroatoms. The van der Waals surface area contributed by atoms with Gasteiger partial charge in [-0.05, 0) is 252 Å².